The Morgan fingerprint density at radius 3 is 2.38 bits per heavy atom. The maximum atomic E-state index is 12.6. The third-order valence-corrected chi connectivity index (χ3v) is 9.71. The van der Waals surface area contributed by atoms with Crippen molar-refractivity contribution < 1.29 is 14.3 Å². The molecule has 3 saturated carbocycles. The van der Waals surface area contributed by atoms with Crippen LogP contribution in [0.25, 0.3) is 0 Å². The number of nitrogens with zero attached hydrogens (tertiary/aromatic N) is 1. The van der Waals surface area contributed by atoms with Gasteiger partial charge in [0.2, 0.25) is 5.91 Å². The molecule has 0 aromatic rings. The van der Waals surface area contributed by atoms with Crippen LogP contribution in [0.2, 0.25) is 0 Å². The highest BCUT2D eigenvalue weighted by Crippen LogP contribution is 2.66. The molecule has 1 heterocycles. The van der Waals surface area contributed by atoms with Gasteiger partial charge in [-0.1, -0.05) is 20.8 Å². The first-order valence-electron chi connectivity index (χ1n) is 11.9. The van der Waals surface area contributed by atoms with Gasteiger partial charge in [0.05, 0.1) is 5.41 Å². The van der Waals surface area contributed by atoms with Gasteiger partial charge in [0, 0.05) is 24.9 Å². The van der Waals surface area contributed by atoms with Gasteiger partial charge in [-0.3, -0.25) is 9.59 Å². The summed E-state index contributed by atoms with van der Waals surface area (Å²) >= 11 is 0. The molecule has 0 aromatic heterocycles. The molecule has 0 spiro atoms. The minimum atomic E-state index is -0.441. The van der Waals surface area contributed by atoms with E-state index in [1.165, 1.54) is 12.8 Å². The zero-order chi connectivity index (χ0) is 21.4. The summed E-state index contributed by atoms with van der Waals surface area (Å²) in [5.74, 6) is 2.90. The van der Waals surface area contributed by atoms with Crippen molar-refractivity contribution in [3.8, 4) is 0 Å². The zero-order valence-corrected chi connectivity index (χ0v) is 19.6. The SMILES string of the molecule is CC1CC2N(C)C(=O)CC[C@]2(C)[C@@H]2CC[C@]3(C)C(OC(=O)C(C)(C)C)CC[C@H]3[C@H]12. The van der Waals surface area contributed by atoms with Gasteiger partial charge in [0.15, 0.2) is 0 Å². The third-order valence-electron chi connectivity index (χ3n) is 9.71. The average Bonchev–Trinajstić information content (AvgIpc) is 2.96. The summed E-state index contributed by atoms with van der Waals surface area (Å²) in [7, 11) is 2.03. The first-order chi connectivity index (χ1) is 13.4. The number of fused-ring (bicyclic) bond motifs is 5. The molecule has 4 rings (SSSR count). The number of hydrogen-bond donors (Lipinski definition) is 0. The van der Waals surface area contributed by atoms with E-state index in [2.05, 4.69) is 25.7 Å². The maximum absolute atomic E-state index is 12.6. The predicted molar refractivity (Wildman–Crippen MR) is 114 cm³/mol. The van der Waals surface area contributed by atoms with Crippen molar-refractivity contribution in [3.63, 3.8) is 0 Å². The van der Waals surface area contributed by atoms with Crippen LogP contribution in [-0.4, -0.2) is 36.0 Å². The maximum Gasteiger partial charge on any atom is 0.311 e. The molecule has 1 amide bonds. The molecule has 0 aromatic carbocycles. The summed E-state index contributed by atoms with van der Waals surface area (Å²) in [5, 5.41) is 0. The van der Waals surface area contributed by atoms with Crippen molar-refractivity contribution in [2.75, 3.05) is 7.05 Å². The molecule has 8 atom stereocenters. The van der Waals surface area contributed by atoms with Gasteiger partial charge in [-0.25, -0.2) is 0 Å². The van der Waals surface area contributed by atoms with Crippen LogP contribution in [0.1, 0.15) is 86.5 Å². The minimum Gasteiger partial charge on any atom is -0.461 e. The minimum absolute atomic E-state index is 0.0531. The van der Waals surface area contributed by atoms with E-state index in [4.69, 9.17) is 4.74 Å². The first kappa shape index (κ1) is 21.2. The van der Waals surface area contributed by atoms with Crippen molar-refractivity contribution in [2.45, 2.75) is 98.6 Å². The molecule has 4 nitrogen and oxygen atoms in total. The van der Waals surface area contributed by atoms with Crippen molar-refractivity contribution in [1.29, 1.82) is 0 Å². The Kier molecular flexibility index (Phi) is 4.91. The zero-order valence-electron chi connectivity index (χ0n) is 19.6. The number of hydrogen-bond acceptors (Lipinski definition) is 3. The lowest BCUT2D eigenvalue weighted by atomic mass is 9.45. The Morgan fingerprint density at radius 2 is 1.72 bits per heavy atom. The summed E-state index contributed by atoms with van der Waals surface area (Å²) in [6, 6.07) is 0.389. The Labute approximate surface area is 177 Å². The van der Waals surface area contributed by atoms with Gasteiger partial charge in [0.1, 0.15) is 6.10 Å². The highest BCUT2D eigenvalue weighted by atomic mass is 16.5. The van der Waals surface area contributed by atoms with Crippen LogP contribution in [0.15, 0.2) is 0 Å². The monoisotopic (exact) mass is 403 g/mol. The number of ether oxygens (including phenoxy) is 1. The Balaban J connectivity index is 1.60. The molecular formula is C25H41NO3. The molecule has 0 radical (unpaired) electrons. The molecule has 4 aliphatic rings. The lowest BCUT2D eigenvalue weighted by molar-refractivity contribution is -0.180. The number of esters is 1. The second kappa shape index (κ2) is 6.72. The second-order valence-electron chi connectivity index (χ2n) is 12.3. The number of carbonyl (C=O) groups is 2. The lowest BCUT2D eigenvalue weighted by Gasteiger charge is -2.63. The number of piperidine rings is 1. The van der Waals surface area contributed by atoms with Gasteiger partial charge in [-0.2, -0.15) is 0 Å². The van der Waals surface area contributed by atoms with E-state index >= 15 is 0 Å². The van der Waals surface area contributed by atoms with Gasteiger partial charge < -0.3 is 9.64 Å². The van der Waals surface area contributed by atoms with Gasteiger partial charge >= 0.3 is 5.97 Å². The van der Waals surface area contributed by atoms with Crippen LogP contribution in [0.5, 0.6) is 0 Å². The van der Waals surface area contributed by atoms with Crippen molar-refractivity contribution >= 4 is 11.9 Å². The summed E-state index contributed by atoms with van der Waals surface area (Å²) in [5.41, 5.74) is -0.0963. The molecular weight excluding hydrogens is 362 g/mol. The van der Waals surface area contributed by atoms with Crippen LogP contribution in [0.4, 0.5) is 0 Å². The Hall–Kier alpha value is -1.06. The number of carbonyl (C=O) groups excluding carboxylic acids is 2. The molecule has 1 saturated heterocycles. The normalized spacial score (nSPS) is 47.3. The molecule has 1 aliphatic heterocycles. The van der Waals surface area contributed by atoms with Crippen LogP contribution in [-0.2, 0) is 14.3 Å². The molecule has 29 heavy (non-hydrogen) atoms. The van der Waals surface area contributed by atoms with E-state index in [1.54, 1.807) is 0 Å². The van der Waals surface area contributed by atoms with Gasteiger partial charge in [0.25, 0.3) is 0 Å². The van der Waals surface area contributed by atoms with Crippen molar-refractivity contribution in [3.05, 3.63) is 0 Å². The van der Waals surface area contributed by atoms with E-state index < -0.39 is 5.41 Å². The van der Waals surface area contributed by atoms with Gasteiger partial charge in [-0.15, -0.1) is 0 Å². The summed E-state index contributed by atoms with van der Waals surface area (Å²) < 4.78 is 6.13. The lowest BCUT2D eigenvalue weighted by Crippen LogP contribution is -2.63. The largest absolute Gasteiger partial charge is 0.461 e. The molecule has 164 valence electrons. The third kappa shape index (κ3) is 3.07. The highest BCUT2D eigenvalue weighted by molar-refractivity contribution is 5.77. The van der Waals surface area contributed by atoms with Crippen LogP contribution >= 0.6 is 0 Å². The highest BCUT2D eigenvalue weighted by Gasteiger charge is 2.63. The Bertz CT molecular complexity index is 697. The molecule has 4 heteroatoms. The molecule has 4 fully saturated rings. The number of likely N-dealkylation sites (tertiary alicyclic amines) is 1. The fraction of sp³-hybridized carbons (Fsp3) is 0.920. The van der Waals surface area contributed by atoms with Crippen molar-refractivity contribution in [1.82, 2.24) is 4.90 Å². The van der Waals surface area contributed by atoms with Gasteiger partial charge in [-0.05, 0) is 88.4 Å². The first-order valence-corrected chi connectivity index (χ1v) is 11.9. The fourth-order valence-corrected chi connectivity index (χ4v) is 7.91. The van der Waals surface area contributed by atoms with Crippen LogP contribution in [0, 0.1) is 39.9 Å². The average molecular weight is 404 g/mol. The molecule has 3 unspecified atom stereocenters. The van der Waals surface area contributed by atoms with E-state index in [0.717, 1.165) is 25.7 Å². The smallest absolute Gasteiger partial charge is 0.311 e. The van der Waals surface area contributed by atoms with Crippen molar-refractivity contribution in [2.24, 2.45) is 39.9 Å². The van der Waals surface area contributed by atoms with E-state index in [0.29, 0.717) is 42.0 Å². The molecule has 3 aliphatic carbocycles. The summed E-state index contributed by atoms with van der Waals surface area (Å²) in [4.78, 5) is 27.1. The summed E-state index contributed by atoms with van der Waals surface area (Å²) in [6.07, 6.45) is 7.48. The Morgan fingerprint density at radius 1 is 1.07 bits per heavy atom. The van der Waals surface area contributed by atoms with E-state index in [-0.39, 0.29) is 22.9 Å². The fourth-order valence-electron chi connectivity index (χ4n) is 7.91. The van der Waals surface area contributed by atoms with Crippen LogP contribution in [0.3, 0.4) is 0 Å². The topological polar surface area (TPSA) is 46.6 Å². The standard InChI is InChI=1S/C25H41NO3/c1-15-14-18-24(5,13-11-20(27)26(18)7)17-10-12-25(6)16(21(15)17)8-9-19(25)29-22(28)23(2,3)4/h15-19,21H,8-14H2,1-7H3/t15?,16-,17+,18?,19?,21-,24+,25-/m0/s1. The summed E-state index contributed by atoms with van der Waals surface area (Å²) in [6.45, 7) is 13.1. The molecule has 0 bridgehead atoms. The molecule has 0 N–H and O–H groups in total. The predicted octanol–water partition coefficient (Wildman–Crippen LogP) is 5.05. The van der Waals surface area contributed by atoms with E-state index in [9.17, 15) is 9.59 Å². The number of amides is 1. The van der Waals surface area contributed by atoms with Crippen LogP contribution < -0.4 is 0 Å². The van der Waals surface area contributed by atoms with E-state index in [1.807, 2.05) is 27.8 Å². The second-order valence-corrected chi connectivity index (χ2v) is 12.3. The quantitative estimate of drug-likeness (QED) is 0.575. The number of rotatable bonds is 1.